The Morgan fingerprint density at radius 3 is 2.80 bits per heavy atom. The SMILES string of the molecule is CN(C)CCCSc1cc(N)ccc1Cl. The van der Waals surface area contributed by atoms with Crippen molar-refractivity contribution in [1.82, 2.24) is 4.90 Å². The standard InChI is InChI=1S/C11H17ClN2S/c1-14(2)6-3-7-15-11-8-9(13)4-5-10(11)12/h4-5,8H,3,6-7,13H2,1-2H3. The van der Waals surface area contributed by atoms with E-state index in [4.69, 9.17) is 17.3 Å². The van der Waals surface area contributed by atoms with E-state index in [-0.39, 0.29) is 0 Å². The number of nitrogens with two attached hydrogens (primary N) is 1. The minimum absolute atomic E-state index is 0.773. The number of thioether (sulfide) groups is 1. The van der Waals surface area contributed by atoms with Gasteiger partial charge in [-0.1, -0.05) is 11.6 Å². The topological polar surface area (TPSA) is 29.3 Å². The second-order valence-corrected chi connectivity index (χ2v) is 5.24. The molecule has 0 aromatic heterocycles. The average Bonchev–Trinajstić information content (AvgIpc) is 2.17. The van der Waals surface area contributed by atoms with Crippen LogP contribution in [0, 0.1) is 0 Å². The highest BCUT2D eigenvalue weighted by Crippen LogP contribution is 2.29. The van der Waals surface area contributed by atoms with Gasteiger partial charge in [0.25, 0.3) is 0 Å². The zero-order chi connectivity index (χ0) is 11.3. The van der Waals surface area contributed by atoms with Crippen LogP contribution in [0.15, 0.2) is 23.1 Å². The summed E-state index contributed by atoms with van der Waals surface area (Å²) in [6, 6.07) is 5.61. The largest absolute Gasteiger partial charge is 0.399 e. The Labute approximate surface area is 101 Å². The summed E-state index contributed by atoms with van der Waals surface area (Å²) >= 11 is 7.82. The number of nitrogen functional groups attached to an aromatic ring is 1. The van der Waals surface area contributed by atoms with Gasteiger partial charge in [-0.15, -0.1) is 11.8 Å². The summed E-state index contributed by atoms with van der Waals surface area (Å²) in [5.41, 5.74) is 6.47. The van der Waals surface area contributed by atoms with Crippen molar-refractivity contribution in [2.75, 3.05) is 32.1 Å². The fourth-order valence-corrected chi connectivity index (χ4v) is 2.39. The number of benzene rings is 1. The summed E-state index contributed by atoms with van der Waals surface area (Å²) in [7, 11) is 4.16. The molecule has 0 unspecified atom stereocenters. The molecule has 0 heterocycles. The number of nitrogens with zero attached hydrogens (tertiary/aromatic N) is 1. The first-order valence-corrected chi connectivity index (χ1v) is 6.28. The molecule has 0 aliphatic rings. The van der Waals surface area contributed by atoms with E-state index >= 15 is 0 Å². The molecule has 0 spiro atoms. The fourth-order valence-electron chi connectivity index (χ4n) is 1.19. The van der Waals surface area contributed by atoms with Gasteiger partial charge in [-0.25, -0.2) is 0 Å². The van der Waals surface area contributed by atoms with Gasteiger partial charge in [-0.3, -0.25) is 0 Å². The van der Waals surface area contributed by atoms with Crippen molar-refractivity contribution >= 4 is 29.1 Å². The van der Waals surface area contributed by atoms with Gasteiger partial charge in [-0.05, 0) is 51.0 Å². The van der Waals surface area contributed by atoms with Crippen molar-refractivity contribution in [3.8, 4) is 0 Å². The van der Waals surface area contributed by atoms with Crippen molar-refractivity contribution in [2.24, 2.45) is 0 Å². The molecule has 1 aromatic carbocycles. The second kappa shape index (κ2) is 6.26. The molecule has 2 nitrogen and oxygen atoms in total. The molecule has 0 fully saturated rings. The van der Waals surface area contributed by atoms with Crippen molar-refractivity contribution in [3.63, 3.8) is 0 Å². The minimum atomic E-state index is 0.773. The summed E-state index contributed by atoms with van der Waals surface area (Å²) in [5, 5.41) is 0.791. The monoisotopic (exact) mass is 244 g/mol. The van der Waals surface area contributed by atoms with Gasteiger partial charge in [0.05, 0.1) is 5.02 Å². The van der Waals surface area contributed by atoms with Crippen LogP contribution in [0.1, 0.15) is 6.42 Å². The van der Waals surface area contributed by atoms with Crippen LogP contribution in [0.3, 0.4) is 0 Å². The Hall–Kier alpha value is -0.380. The van der Waals surface area contributed by atoms with E-state index in [1.807, 2.05) is 18.2 Å². The maximum atomic E-state index is 6.05. The normalized spacial score (nSPS) is 10.9. The molecule has 1 rings (SSSR count). The van der Waals surface area contributed by atoms with Crippen molar-refractivity contribution in [3.05, 3.63) is 23.2 Å². The lowest BCUT2D eigenvalue weighted by atomic mass is 10.3. The number of hydrogen-bond donors (Lipinski definition) is 1. The number of hydrogen-bond acceptors (Lipinski definition) is 3. The summed E-state index contributed by atoms with van der Waals surface area (Å²) in [6.07, 6.45) is 1.16. The zero-order valence-corrected chi connectivity index (χ0v) is 10.7. The first-order chi connectivity index (χ1) is 7.09. The third kappa shape index (κ3) is 4.78. The Balaban J connectivity index is 2.40. The lowest BCUT2D eigenvalue weighted by Crippen LogP contribution is -2.13. The van der Waals surface area contributed by atoms with E-state index in [0.717, 1.165) is 34.3 Å². The van der Waals surface area contributed by atoms with Gasteiger partial charge in [0.1, 0.15) is 0 Å². The predicted octanol–water partition coefficient (Wildman–Crippen LogP) is 2.97. The zero-order valence-electron chi connectivity index (χ0n) is 9.16. The van der Waals surface area contributed by atoms with Crippen LogP contribution in [0.4, 0.5) is 5.69 Å². The Kier molecular flexibility index (Phi) is 5.29. The number of anilines is 1. The fraction of sp³-hybridized carbons (Fsp3) is 0.455. The van der Waals surface area contributed by atoms with Crippen molar-refractivity contribution < 1.29 is 0 Å². The number of halogens is 1. The van der Waals surface area contributed by atoms with Gasteiger partial charge in [0, 0.05) is 10.6 Å². The molecule has 84 valence electrons. The molecule has 0 saturated heterocycles. The van der Waals surface area contributed by atoms with Crippen LogP contribution in [-0.4, -0.2) is 31.3 Å². The summed E-state index contributed by atoms with van der Waals surface area (Å²) in [4.78, 5) is 3.26. The van der Waals surface area contributed by atoms with Crippen molar-refractivity contribution in [1.29, 1.82) is 0 Å². The van der Waals surface area contributed by atoms with Gasteiger partial charge < -0.3 is 10.6 Å². The molecule has 1 aromatic rings. The van der Waals surface area contributed by atoms with E-state index in [9.17, 15) is 0 Å². The second-order valence-electron chi connectivity index (χ2n) is 3.70. The van der Waals surface area contributed by atoms with Crippen LogP contribution < -0.4 is 5.73 Å². The molecule has 0 aliphatic heterocycles. The van der Waals surface area contributed by atoms with E-state index in [1.54, 1.807) is 11.8 Å². The van der Waals surface area contributed by atoms with E-state index in [1.165, 1.54) is 0 Å². The van der Waals surface area contributed by atoms with Crippen LogP contribution in [0.5, 0.6) is 0 Å². The molecular weight excluding hydrogens is 228 g/mol. The van der Waals surface area contributed by atoms with Gasteiger partial charge in [0.15, 0.2) is 0 Å². The number of rotatable bonds is 5. The molecule has 0 aliphatic carbocycles. The predicted molar refractivity (Wildman–Crippen MR) is 69.8 cm³/mol. The van der Waals surface area contributed by atoms with Crippen LogP contribution in [-0.2, 0) is 0 Å². The van der Waals surface area contributed by atoms with Gasteiger partial charge in [0.2, 0.25) is 0 Å². The first-order valence-electron chi connectivity index (χ1n) is 4.92. The Morgan fingerprint density at radius 1 is 1.40 bits per heavy atom. The quantitative estimate of drug-likeness (QED) is 0.491. The van der Waals surface area contributed by atoms with Crippen molar-refractivity contribution in [2.45, 2.75) is 11.3 Å². The Morgan fingerprint density at radius 2 is 2.13 bits per heavy atom. The lowest BCUT2D eigenvalue weighted by Gasteiger charge is -2.09. The van der Waals surface area contributed by atoms with E-state index in [2.05, 4.69) is 19.0 Å². The molecule has 2 N–H and O–H groups in total. The minimum Gasteiger partial charge on any atom is -0.399 e. The van der Waals surface area contributed by atoms with E-state index in [0.29, 0.717) is 0 Å². The summed E-state index contributed by atoms with van der Waals surface area (Å²) in [5.74, 6) is 1.07. The molecular formula is C11H17ClN2S. The molecule has 0 bridgehead atoms. The third-order valence-electron chi connectivity index (χ3n) is 1.96. The third-order valence-corrected chi connectivity index (χ3v) is 3.55. The van der Waals surface area contributed by atoms with Crippen LogP contribution in [0.2, 0.25) is 5.02 Å². The van der Waals surface area contributed by atoms with E-state index < -0.39 is 0 Å². The molecule has 4 heteroatoms. The van der Waals surface area contributed by atoms with Gasteiger partial charge in [-0.2, -0.15) is 0 Å². The first kappa shape index (κ1) is 12.7. The maximum Gasteiger partial charge on any atom is 0.0543 e. The van der Waals surface area contributed by atoms with Crippen LogP contribution in [0.25, 0.3) is 0 Å². The molecule has 0 saturated carbocycles. The molecule has 0 atom stereocenters. The molecule has 0 radical (unpaired) electrons. The average molecular weight is 245 g/mol. The highest BCUT2D eigenvalue weighted by molar-refractivity contribution is 7.99. The molecule has 15 heavy (non-hydrogen) atoms. The highest BCUT2D eigenvalue weighted by Gasteiger charge is 2.01. The van der Waals surface area contributed by atoms with Gasteiger partial charge >= 0.3 is 0 Å². The lowest BCUT2D eigenvalue weighted by molar-refractivity contribution is 0.410. The van der Waals surface area contributed by atoms with Crippen LogP contribution >= 0.6 is 23.4 Å². The molecule has 0 amide bonds. The maximum absolute atomic E-state index is 6.05. The highest BCUT2D eigenvalue weighted by atomic mass is 35.5. The Bertz CT molecular complexity index is 315. The smallest absolute Gasteiger partial charge is 0.0543 e. The summed E-state index contributed by atoms with van der Waals surface area (Å²) < 4.78 is 0. The summed E-state index contributed by atoms with van der Waals surface area (Å²) in [6.45, 7) is 1.10.